The topological polar surface area (TPSA) is 201 Å². The first-order chi connectivity index (χ1) is 31.3. The second-order valence-corrected chi connectivity index (χ2v) is 23.1. The molecule has 17 heteroatoms. The zero-order valence-corrected chi connectivity index (χ0v) is 42.2. The van der Waals surface area contributed by atoms with Crippen molar-refractivity contribution in [1.29, 1.82) is 0 Å². The summed E-state index contributed by atoms with van der Waals surface area (Å²) in [4.78, 5) is 84.7. The zero-order valence-electron chi connectivity index (χ0n) is 41.4. The lowest BCUT2D eigenvalue weighted by Crippen LogP contribution is -2.61. The summed E-state index contributed by atoms with van der Waals surface area (Å²) in [5, 5.41) is 8.49. The van der Waals surface area contributed by atoms with Gasteiger partial charge in [0.05, 0.1) is 12.1 Å². The average Bonchev–Trinajstić information content (AvgIpc) is 3.68. The van der Waals surface area contributed by atoms with E-state index >= 15 is 0 Å². The van der Waals surface area contributed by atoms with Crippen molar-refractivity contribution in [2.45, 2.75) is 136 Å². The molecule has 4 amide bonds. The number of nitrogens with one attached hydrogen (secondary N) is 3. The van der Waals surface area contributed by atoms with Gasteiger partial charge in [0.1, 0.15) is 11.2 Å². The summed E-state index contributed by atoms with van der Waals surface area (Å²) in [7, 11) is -0.623. The molecule has 16 nitrogen and oxygen atoms in total. The molecule has 2 heterocycles. The molecule has 2 fully saturated rings. The van der Waals surface area contributed by atoms with Gasteiger partial charge in [-0.25, -0.2) is 9.59 Å². The summed E-state index contributed by atoms with van der Waals surface area (Å²) in [6.45, 7) is 16.1. The van der Waals surface area contributed by atoms with Crippen LogP contribution in [0.3, 0.4) is 0 Å². The number of ether oxygens (including phenoxy) is 2. The molecular weight excluding hydrogens is 877 g/mol. The first-order valence-corrected chi connectivity index (χ1v) is 25.0. The highest BCUT2D eigenvalue weighted by atomic mass is 32.2. The fourth-order valence-corrected chi connectivity index (χ4v) is 9.81. The lowest BCUT2D eigenvalue weighted by atomic mass is 9.77. The van der Waals surface area contributed by atoms with Gasteiger partial charge in [0.25, 0.3) is 10.2 Å². The third-order valence-corrected chi connectivity index (χ3v) is 13.8. The summed E-state index contributed by atoms with van der Waals surface area (Å²) in [6, 6.07) is 16.6. The number of likely N-dealkylation sites (tertiary alicyclic amines) is 1. The number of amides is 4. The predicted molar refractivity (Wildman–Crippen MR) is 257 cm³/mol. The van der Waals surface area contributed by atoms with E-state index in [4.69, 9.17) is 9.47 Å². The average molecular weight is 953 g/mol. The molecule has 0 aromatic heterocycles. The standard InChI is InChI=1S/C50H76N6O10S/c1-35(2)27-40(52-44(59)39(28-36-19-13-11-14-20-36)31-43(58)41(29-37-21-15-12-16-22-37)53-47(62)66-49(6,7)8)42(57)30-38(23-17-18-25-51-46(61)65-48(3,4)5)45(60)55-32-50(33-55)24-26-56(34-50)67(63,64)54(9)10/h11-16,19-22,35,38-41H,17-18,23-34H2,1-10H3,(H,51,61)(H,52,59)(H,53,62)/t38-,39-,40+,41+/m0/s1. The molecule has 67 heavy (non-hydrogen) atoms. The van der Waals surface area contributed by atoms with Gasteiger partial charge in [-0.05, 0) is 97.1 Å². The van der Waals surface area contributed by atoms with Gasteiger partial charge in [-0.1, -0.05) is 80.9 Å². The van der Waals surface area contributed by atoms with Crippen LogP contribution in [0.15, 0.2) is 60.7 Å². The Bertz CT molecular complexity index is 2100. The highest BCUT2D eigenvalue weighted by Crippen LogP contribution is 2.42. The summed E-state index contributed by atoms with van der Waals surface area (Å²) in [5.74, 6) is -3.07. The van der Waals surface area contributed by atoms with Gasteiger partial charge in [-0.3, -0.25) is 19.2 Å². The summed E-state index contributed by atoms with van der Waals surface area (Å²) >= 11 is 0. The molecule has 0 saturated carbocycles. The van der Waals surface area contributed by atoms with E-state index in [0.717, 1.165) is 11.1 Å². The summed E-state index contributed by atoms with van der Waals surface area (Å²) < 4.78 is 39.3. The number of carbonyl (C=O) groups excluding carboxylic acids is 6. The first-order valence-electron chi connectivity index (χ1n) is 23.6. The molecule has 2 saturated heterocycles. The monoisotopic (exact) mass is 953 g/mol. The largest absolute Gasteiger partial charge is 0.444 e. The summed E-state index contributed by atoms with van der Waals surface area (Å²) in [6.07, 6.45) is 0.943. The molecule has 0 unspecified atom stereocenters. The van der Waals surface area contributed by atoms with Crippen LogP contribution in [-0.4, -0.2) is 128 Å². The first kappa shape index (κ1) is 54.7. The number of Topliss-reactive ketones (excluding diaryl/α,β-unsaturated/α-hetero) is 2. The predicted octanol–water partition coefficient (Wildman–Crippen LogP) is 6.08. The minimum absolute atomic E-state index is 0.0242. The smallest absolute Gasteiger partial charge is 0.408 e. The lowest BCUT2D eigenvalue weighted by Gasteiger charge is -2.49. The van der Waals surface area contributed by atoms with Gasteiger partial charge < -0.3 is 30.3 Å². The third-order valence-electron chi connectivity index (χ3n) is 11.9. The molecule has 4 rings (SSSR count). The maximum absolute atomic E-state index is 14.5. The van der Waals surface area contributed by atoms with Crippen LogP contribution in [0, 0.1) is 23.2 Å². The Hall–Kier alpha value is -4.87. The van der Waals surface area contributed by atoms with Crippen molar-refractivity contribution in [3.05, 3.63) is 71.8 Å². The van der Waals surface area contributed by atoms with Crippen molar-refractivity contribution >= 4 is 45.8 Å². The van der Waals surface area contributed by atoms with Crippen LogP contribution in [-0.2, 0) is 51.7 Å². The maximum Gasteiger partial charge on any atom is 0.408 e. The van der Waals surface area contributed by atoms with Gasteiger partial charge in [0.2, 0.25) is 11.8 Å². The second kappa shape index (κ2) is 23.9. The lowest BCUT2D eigenvalue weighted by molar-refractivity contribution is -0.149. The molecule has 0 aliphatic carbocycles. The van der Waals surface area contributed by atoms with Crippen LogP contribution in [0.2, 0.25) is 0 Å². The van der Waals surface area contributed by atoms with Gasteiger partial charge in [0.15, 0.2) is 11.6 Å². The number of carbonyl (C=O) groups is 6. The van der Waals surface area contributed by atoms with Gasteiger partial charge in [-0.2, -0.15) is 17.0 Å². The molecular formula is C50H76N6O10S. The Balaban J connectivity index is 1.54. The van der Waals surface area contributed by atoms with Crippen molar-refractivity contribution in [2.75, 3.05) is 46.8 Å². The van der Waals surface area contributed by atoms with E-state index in [9.17, 15) is 37.2 Å². The number of hydrogen-bond acceptors (Lipinski definition) is 10. The van der Waals surface area contributed by atoms with Crippen LogP contribution >= 0.6 is 0 Å². The van der Waals surface area contributed by atoms with E-state index in [0.29, 0.717) is 58.4 Å². The molecule has 2 aliphatic heterocycles. The fraction of sp³-hybridized carbons (Fsp3) is 0.640. The zero-order chi connectivity index (χ0) is 49.7. The molecule has 2 aromatic carbocycles. The molecule has 2 aliphatic rings. The molecule has 372 valence electrons. The van der Waals surface area contributed by atoms with E-state index in [1.54, 1.807) is 46.4 Å². The number of nitrogens with zero attached hydrogens (tertiary/aromatic N) is 3. The third kappa shape index (κ3) is 17.6. The minimum Gasteiger partial charge on any atom is -0.444 e. The van der Waals surface area contributed by atoms with Gasteiger partial charge >= 0.3 is 12.2 Å². The number of ketones is 2. The fourth-order valence-electron chi connectivity index (χ4n) is 8.59. The molecule has 1 spiro atoms. The second-order valence-electron chi connectivity index (χ2n) is 21.0. The Morgan fingerprint density at radius 2 is 1.25 bits per heavy atom. The van der Waals surface area contributed by atoms with Crippen LogP contribution in [0.25, 0.3) is 0 Å². The van der Waals surface area contributed by atoms with Crippen molar-refractivity contribution in [3.63, 3.8) is 0 Å². The maximum atomic E-state index is 14.5. The van der Waals surface area contributed by atoms with Crippen molar-refractivity contribution < 1.29 is 46.7 Å². The van der Waals surface area contributed by atoms with Crippen LogP contribution in [0.5, 0.6) is 0 Å². The van der Waals surface area contributed by atoms with E-state index in [2.05, 4.69) is 16.0 Å². The molecule has 2 aromatic rings. The number of alkyl carbamates (subject to hydrolysis) is 2. The molecule has 3 N–H and O–H groups in total. The van der Waals surface area contributed by atoms with E-state index in [-0.39, 0.29) is 60.9 Å². The molecule has 0 bridgehead atoms. The Morgan fingerprint density at radius 1 is 0.716 bits per heavy atom. The van der Waals surface area contributed by atoms with Crippen LogP contribution in [0.1, 0.15) is 111 Å². The van der Waals surface area contributed by atoms with Crippen LogP contribution in [0.4, 0.5) is 9.59 Å². The highest BCUT2D eigenvalue weighted by molar-refractivity contribution is 7.86. The van der Waals surface area contributed by atoms with E-state index < -0.39 is 63.4 Å². The van der Waals surface area contributed by atoms with Gasteiger partial charge in [-0.15, -0.1) is 0 Å². The van der Waals surface area contributed by atoms with E-state index in [1.165, 1.54) is 22.7 Å². The van der Waals surface area contributed by atoms with Crippen LogP contribution < -0.4 is 16.0 Å². The Labute approximate surface area is 398 Å². The molecule has 0 radical (unpaired) electrons. The number of hydrogen-bond donors (Lipinski definition) is 3. The molecule has 4 atom stereocenters. The Kier molecular flexibility index (Phi) is 19.5. The number of rotatable bonds is 23. The summed E-state index contributed by atoms with van der Waals surface area (Å²) in [5.41, 5.74) is -0.222. The normalized spacial score (nSPS) is 17.0. The quantitative estimate of drug-likeness (QED) is 0.110. The van der Waals surface area contributed by atoms with Crippen molar-refractivity contribution in [2.24, 2.45) is 23.2 Å². The van der Waals surface area contributed by atoms with E-state index in [1.807, 2.05) is 74.5 Å². The Morgan fingerprint density at radius 3 is 1.81 bits per heavy atom. The number of unbranched alkanes of at least 4 members (excludes halogenated alkanes) is 1. The SMILES string of the molecule is CC(C)C[C@@H](NC(=O)[C@H](CC(=O)[C@@H](Cc1ccccc1)NC(=O)OC(C)(C)C)Cc1ccccc1)C(=O)C[C@H](CCCCNC(=O)OC(C)(C)C)C(=O)N1CC2(CCN(S(=O)(=O)N(C)C)C2)C1. The van der Waals surface area contributed by atoms with Crippen molar-refractivity contribution in [1.82, 2.24) is 29.5 Å². The number of benzene rings is 2. The minimum atomic E-state index is -3.61. The van der Waals surface area contributed by atoms with Crippen molar-refractivity contribution in [3.8, 4) is 0 Å². The van der Waals surface area contributed by atoms with Gasteiger partial charge in [0, 0.05) is 76.9 Å². The highest BCUT2D eigenvalue weighted by Gasteiger charge is 2.52.